The van der Waals surface area contributed by atoms with Crippen LogP contribution in [0.15, 0.2) is 24.3 Å². The zero-order valence-corrected chi connectivity index (χ0v) is 13.8. The van der Waals surface area contributed by atoms with Crippen LogP contribution in [0.3, 0.4) is 0 Å². The third-order valence-corrected chi connectivity index (χ3v) is 4.48. The molecule has 0 radical (unpaired) electrons. The van der Waals surface area contributed by atoms with Crippen molar-refractivity contribution in [1.29, 1.82) is 0 Å². The molecule has 0 atom stereocenters. The molecule has 4 heteroatoms. The van der Waals surface area contributed by atoms with Crippen LogP contribution in [0.4, 0.5) is 0 Å². The lowest BCUT2D eigenvalue weighted by atomic mass is 10.1. The molecule has 2 rings (SSSR count). The minimum atomic E-state index is 0.608. The number of halogens is 1. The largest absolute Gasteiger partial charge is 0.312 e. The first-order valence-corrected chi connectivity index (χ1v) is 8.25. The van der Waals surface area contributed by atoms with Gasteiger partial charge in [0, 0.05) is 17.0 Å². The fourth-order valence-corrected chi connectivity index (χ4v) is 3.44. The highest BCUT2D eigenvalue weighted by Gasteiger charge is 2.14. The van der Waals surface area contributed by atoms with Gasteiger partial charge in [-0.05, 0) is 24.9 Å². The number of thiazole rings is 1. The lowest BCUT2D eigenvalue weighted by Gasteiger charge is -2.04. The van der Waals surface area contributed by atoms with Crippen molar-refractivity contribution < 1.29 is 0 Å². The Kier molecular flexibility index (Phi) is 5.58. The average Bonchev–Trinajstić information content (AvgIpc) is 2.79. The second kappa shape index (κ2) is 7.21. The van der Waals surface area contributed by atoms with Crippen molar-refractivity contribution in [1.82, 2.24) is 10.3 Å². The van der Waals surface area contributed by atoms with E-state index in [9.17, 15) is 0 Å². The summed E-state index contributed by atoms with van der Waals surface area (Å²) in [6.07, 6.45) is 1.02. The van der Waals surface area contributed by atoms with Gasteiger partial charge >= 0.3 is 0 Å². The molecule has 0 amide bonds. The van der Waals surface area contributed by atoms with E-state index in [-0.39, 0.29) is 0 Å². The molecule has 0 saturated heterocycles. The van der Waals surface area contributed by atoms with Gasteiger partial charge < -0.3 is 5.32 Å². The molecular formula is C16H21ClN2S. The van der Waals surface area contributed by atoms with E-state index in [1.807, 2.05) is 24.3 Å². The summed E-state index contributed by atoms with van der Waals surface area (Å²) >= 11 is 8.03. The molecule has 2 nitrogen and oxygen atoms in total. The molecular weight excluding hydrogens is 288 g/mol. The van der Waals surface area contributed by atoms with E-state index in [0.29, 0.717) is 5.92 Å². The summed E-state index contributed by atoms with van der Waals surface area (Å²) in [5, 5.41) is 5.19. The Morgan fingerprint density at radius 2 is 2.05 bits per heavy atom. The van der Waals surface area contributed by atoms with Crippen LogP contribution in [-0.4, -0.2) is 11.5 Å². The Morgan fingerprint density at radius 3 is 2.70 bits per heavy atom. The zero-order chi connectivity index (χ0) is 14.5. The van der Waals surface area contributed by atoms with Gasteiger partial charge in [0.05, 0.1) is 10.7 Å². The minimum Gasteiger partial charge on any atom is -0.312 e. The standard InChI is InChI=1S/C16H21ClN2S/c1-4-18-10-15-14(9-11(2)3)19-16(20-15)12-7-5-6-8-13(12)17/h5-8,11,18H,4,9-10H2,1-3H3. The zero-order valence-electron chi connectivity index (χ0n) is 12.2. The van der Waals surface area contributed by atoms with Crippen molar-refractivity contribution >= 4 is 22.9 Å². The second-order valence-electron chi connectivity index (χ2n) is 5.25. The summed E-state index contributed by atoms with van der Waals surface area (Å²) in [4.78, 5) is 6.16. The molecule has 0 saturated carbocycles. The van der Waals surface area contributed by atoms with Crippen molar-refractivity contribution in [2.24, 2.45) is 5.92 Å². The molecule has 0 aliphatic carbocycles. The number of aromatic nitrogens is 1. The number of benzene rings is 1. The number of nitrogens with one attached hydrogen (secondary N) is 1. The molecule has 1 N–H and O–H groups in total. The molecule has 20 heavy (non-hydrogen) atoms. The van der Waals surface area contributed by atoms with E-state index in [2.05, 4.69) is 26.1 Å². The van der Waals surface area contributed by atoms with E-state index in [4.69, 9.17) is 16.6 Å². The van der Waals surface area contributed by atoms with E-state index < -0.39 is 0 Å². The van der Waals surface area contributed by atoms with Gasteiger partial charge in [-0.15, -0.1) is 11.3 Å². The van der Waals surface area contributed by atoms with Crippen molar-refractivity contribution in [3.8, 4) is 10.6 Å². The van der Waals surface area contributed by atoms with Crippen LogP contribution in [-0.2, 0) is 13.0 Å². The Hall–Kier alpha value is -0.900. The maximum absolute atomic E-state index is 6.28. The summed E-state index contributed by atoms with van der Waals surface area (Å²) < 4.78 is 0. The summed E-state index contributed by atoms with van der Waals surface area (Å²) in [5.41, 5.74) is 2.24. The molecule has 2 aromatic rings. The highest BCUT2D eigenvalue weighted by Crippen LogP contribution is 2.33. The van der Waals surface area contributed by atoms with Crippen LogP contribution < -0.4 is 5.32 Å². The van der Waals surface area contributed by atoms with Gasteiger partial charge in [0.15, 0.2) is 0 Å². The Morgan fingerprint density at radius 1 is 1.30 bits per heavy atom. The lowest BCUT2D eigenvalue weighted by molar-refractivity contribution is 0.628. The molecule has 1 heterocycles. The topological polar surface area (TPSA) is 24.9 Å². The maximum Gasteiger partial charge on any atom is 0.125 e. The fourth-order valence-electron chi connectivity index (χ4n) is 2.06. The van der Waals surface area contributed by atoms with E-state index in [1.165, 1.54) is 10.6 Å². The predicted molar refractivity (Wildman–Crippen MR) is 88.5 cm³/mol. The van der Waals surface area contributed by atoms with Gasteiger partial charge in [0.25, 0.3) is 0 Å². The molecule has 0 aliphatic rings. The van der Waals surface area contributed by atoms with Crippen LogP contribution in [0.2, 0.25) is 5.02 Å². The monoisotopic (exact) mass is 308 g/mol. The third kappa shape index (κ3) is 3.81. The minimum absolute atomic E-state index is 0.608. The van der Waals surface area contributed by atoms with Crippen molar-refractivity contribution in [3.63, 3.8) is 0 Å². The smallest absolute Gasteiger partial charge is 0.125 e. The van der Waals surface area contributed by atoms with Crippen LogP contribution in [0, 0.1) is 5.92 Å². The van der Waals surface area contributed by atoms with Gasteiger partial charge in [0.2, 0.25) is 0 Å². The van der Waals surface area contributed by atoms with Gasteiger partial charge in [0.1, 0.15) is 5.01 Å². The molecule has 108 valence electrons. The van der Waals surface area contributed by atoms with Crippen molar-refractivity contribution in [2.45, 2.75) is 33.7 Å². The number of hydrogen-bond acceptors (Lipinski definition) is 3. The first-order chi connectivity index (χ1) is 9.61. The summed E-state index contributed by atoms with van der Waals surface area (Å²) in [7, 11) is 0. The van der Waals surface area contributed by atoms with Crippen LogP contribution >= 0.6 is 22.9 Å². The Bertz CT molecular complexity index is 563. The number of nitrogens with zero attached hydrogens (tertiary/aromatic N) is 1. The van der Waals surface area contributed by atoms with Crippen LogP contribution in [0.25, 0.3) is 10.6 Å². The van der Waals surface area contributed by atoms with Crippen molar-refractivity contribution in [2.75, 3.05) is 6.54 Å². The lowest BCUT2D eigenvalue weighted by Crippen LogP contribution is -2.12. The first-order valence-electron chi connectivity index (χ1n) is 7.06. The highest BCUT2D eigenvalue weighted by molar-refractivity contribution is 7.15. The molecule has 1 aromatic heterocycles. The van der Waals surface area contributed by atoms with Gasteiger partial charge in [-0.3, -0.25) is 0 Å². The average molecular weight is 309 g/mol. The SMILES string of the molecule is CCNCc1sc(-c2ccccc2Cl)nc1CC(C)C. The Labute approximate surface area is 130 Å². The first kappa shape index (κ1) is 15.5. The van der Waals surface area contributed by atoms with Crippen LogP contribution in [0.1, 0.15) is 31.3 Å². The van der Waals surface area contributed by atoms with Gasteiger partial charge in [-0.1, -0.05) is 50.6 Å². The fraction of sp³-hybridized carbons (Fsp3) is 0.438. The molecule has 0 bridgehead atoms. The van der Waals surface area contributed by atoms with Crippen LogP contribution in [0.5, 0.6) is 0 Å². The predicted octanol–water partition coefficient (Wildman–Crippen LogP) is 4.77. The third-order valence-electron chi connectivity index (χ3n) is 3.02. The quantitative estimate of drug-likeness (QED) is 0.831. The van der Waals surface area contributed by atoms with Gasteiger partial charge in [-0.25, -0.2) is 4.98 Å². The van der Waals surface area contributed by atoms with Gasteiger partial charge in [-0.2, -0.15) is 0 Å². The molecule has 0 fully saturated rings. The van der Waals surface area contributed by atoms with E-state index in [0.717, 1.165) is 35.1 Å². The maximum atomic E-state index is 6.28. The number of hydrogen-bond donors (Lipinski definition) is 1. The normalized spacial score (nSPS) is 11.2. The molecule has 0 aliphatic heterocycles. The summed E-state index contributed by atoms with van der Waals surface area (Å²) in [6, 6.07) is 7.92. The van der Waals surface area contributed by atoms with E-state index >= 15 is 0 Å². The number of rotatable bonds is 6. The summed E-state index contributed by atoms with van der Waals surface area (Å²) in [6.45, 7) is 8.44. The molecule has 1 aromatic carbocycles. The molecule has 0 unspecified atom stereocenters. The summed E-state index contributed by atoms with van der Waals surface area (Å²) in [5.74, 6) is 0.608. The van der Waals surface area contributed by atoms with Crippen molar-refractivity contribution in [3.05, 3.63) is 39.9 Å². The second-order valence-corrected chi connectivity index (χ2v) is 6.74. The highest BCUT2D eigenvalue weighted by atomic mass is 35.5. The Balaban J connectivity index is 2.35. The molecule has 0 spiro atoms. The van der Waals surface area contributed by atoms with E-state index in [1.54, 1.807) is 11.3 Å².